The van der Waals surface area contributed by atoms with E-state index >= 15 is 0 Å². The van der Waals surface area contributed by atoms with Gasteiger partial charge >= 0.3 is 0 Å². The summed E-state index contributed by atoms with van der Waals surface area (Å²) in [4.78, 5) is 15.7. The molecular formula is C18H12N4O2. The van der Waals surface area contributed by atoms with Crippen LogP contribution in [0.3, 0.4) is 0 Å². The van der Waals surface area contributed by atoms with Crippen molar-refractivity contribution in [3.05, 3.63) is 77.8 Å². The zero-order valence-electron chi connectivity index (χ0n) is 12.5. The Morgan fingerprint density at radius 1 is 1.17 bits per heavy atom. The second-order valence-corrected chi connectivity index (χ2v) is 4.79. The van der Waals surface area contributed by atoms with Gasteiger partial charge in [-0.05, 0) is 36.4 Å². The third-order valence-electron chi connectivity index (χ3n) is 3.24. The molecule has 0 saturated carbocycles. The largest absolute Gasteiger partial charge is 0.455 e. The number of nitriles is 1. The summed E-state index contributed by atoms with van der Waals surface area (Å²) >= 11 is 0. The number of benzene rings is 1. The SMILES string of the molecule is N#Cc1ccccc1-c1ccc(/C=N/NC(=O)c2ccncc2)o1. The lowest BCUT2D eigenvalue weighted by Crippen LogP contribution is -2.17. The zero-order chi connectivity index (χ0) is 16.8. The normalized spacial score (nSPS) is 10.5. The van der Waals surface area contributed by atoms with E-state index in [0.717, 1.165) is 0 Å². The highest BCUT2D eigenvalue weighted by molar-refractivity contribution is 5.94. The van der Waals surface area contributed by atoms with E-state index in [-0.39, 0.29) is 5.91 Å². The van der Waals surface area contributed by atoms with Crippen LogP contribution in [-0.2, 0) is 0 Å². The molecular weight excluding hydrogens is 304 g/mol. The van der Waals surface area contributed by atoms with Gasteiger partial charge < -0.3 is 4.42 Å². The fourth-order valence-corrected chi connectivity index (χ4v) is 2.08. The summed E-state index contributed by atoms with van der Waals surface area (Å²) in [5.74, 6) is 0.692. The van der Waals surface area contributed by atoms with E-state index in [2.05, 4.69) is 21.6 Å². The van der Waals surface area contributed by atoms with E-state index in [1.165, 1.54) is 18.6 Å². The number of carbonyl (C=O) groups excluding carboxylic acids is 1. The molecule has 0 aliphatic heterocycles. The van der Waals surface area contributed by atoms with Gasteiger partial charge in [-0.1, -0.05) is 12.1 Å². The Kier molecular flexibility index (Phi) is 4.45. The highest BCUT2D eigenvalue weighted by Crippen LogP contribution is 2.24. The summed E-state index contributed by atoms with van der Waals surface area (Å²) in [6.45, 7) is 0. The van der Waals surface area contributed by atoms with E-state index in [4.69, 9.17) is 9.68 Å². The summed E-state index contributed by atoms with van der Waals surface area (Å²) in [7, 11) is 0. The quantitative estimate of drug-likeness (QED) is 0.591. The van der Waals surface area contributed by atoms with Crippen LogP contribution in [0.4, 0.5) is 0 Å². The highest BCUT2D eigenvalue weighted by Gasteiger charge is 2.08. The molecule has 0 aliphatic rings. The van der Waals surface area contributed by atoms with Crippen molar-refractivity contribution in [2.45, 2.75) is 0 Å². The molecule has 0 bridgehead atoms. The predicted molar refractivity (Wildman–Crippen MR) is 88.2 cm³/mol. The molecule has 6 heteroatoms. The lowest BCUT2D eigenvalue weighted by molar-refractivity contribution is 0.0955. The van der Waals surface area contributed by atoms with Crippen LogP contribution in [0, 0.1) is 11.3 Å². The monoisotopic (exact) mass is 316 g/mol. The third kappa shape index (κ3) is 3.36. The van der Waals surface area contributed by atoms with Crippen LogP contribution < -0.4 is 5.43 Å². The first kappa shape index (κ1) is 15.2. The van der Waals surface area contributed by atoms with Crippen LogP contribution in [-0.4, -0.2) is 17.1 Å². The Bertz CT molecular complexity index is 923. The van der Waals surface area contributed by atoms with Gasteiger partial charge in [0.25, 0.3) is 5.91 Å². The van der Waals surface area contributed by atoms with Gasteiger partial charge in [0.05, 0.1) is 17.8 Å². The molecule has 3 aromatic rings. The van der Waals surface area contributed by atoms with Crippen molar-refractivity contribution in [2.75, 3.05) is 0 Å². The van der Waals surface area contributed by atoms with Gasteiger partial charge in [-0.2, -0.15) is 10.4 Å². The first-order valence-electron chi connectivity index (χ1n) is 7.10. The smallest absolute Gasteiger partial charge is 0.271 e. The summed E-state index contributed by atoms with van der Waals surface area (Å²) in [5.41, 5.74) is 4.11. The van der Waals surface area contributed by atoms with Gasteiger partial charge in [-0.3, -0.25) is 9.78 Å². The molecule has 0 fully saturated rings. The van der Waals surface area contributed by atoms with Crippen molar-refractivity contribution in [1.29, 1.82) is 5.26 Å². The number of carbonyl (C=O) groups is 1. The fourth-order valence-electron chi connectivity index (χ4n) is 2.08. The number of aromatic nitrogens is 1. The minimum Gasteiger partial charge on any atom is -0.455 e. The molecule has 3 rings (SSSR count). The van der Waals surface area contributed by atoms with Crippen molar-refractivity contribution in [2.24, 2.45) is 5.10 Å². The molecule has 116 valence electrons. The first-order chi connectivity index (χ1) is 11.8. The number of amides is 1. The average molecular weight is 316 g/mol. The maximum Gasteiger partial charge on any atom is 0.271 e. The van der Waals surface area contributed by atoms with Crippen molar-refractivity contribution in [3.8, 4) is 17.4 Å². The van der Waals surface area contributed by atoms with Gasteiger partial charge in [0.15, 0.2) is 0 Å². The van der Waals surface area contributed by atoms with E-state index in [9.17, 15) is 4.79 Å². The van der Waals surface area contributed by atoms with Crippen LogP contribution in [0.1, 0.15) is 21.7 Å². The standard InChI is InChI=1S/C18H12N4O2/c19-11-14-3-1-2-4-16(14)17-6-5-15(24-17)12-21-22-18(23)13-7-9-20-10-8-13/h1-10,12H,(H,22,23)/b21-12+. The molecule has 0 spiro atoms. The van der Waals surface area contributed by atoms with Gasteiger partial charge in [0, 0.05) is 23.5 Å². The van der Waals surface area contributed by atoms with Gasteiger partial charge in [0.1, 0.15) is 11.5 Å². The Hall–Kier alpha value is -3.72. The molecule has 2 aromatic heterocycles. The molecule has 0 unspecified atom stereocenters. The molecule has 6 nitrogen and oxygen atoms in total. The van der Waals surface area contributed by atoms with E-state index in [1.807, 2.05) is 12.1 Å². The van der Waals surface area contributed by atoms with E-state index in [0.29, 0.717) is 28.2 Å². The average Bonchev–Trinajstić information content (AvgIpc) is 3.11. The number of pyridine rings is 1. The molecule has 0 saturated heterocycles. The lowest BCUT2D eigenvalue weighted by atomic mass is 10.1. The number of hydrogen-bond acceptors (Lipinski definition) is 5. The van der Waals surface area contributed by atoms with E-state index in [1.54, 1.807) is 36.4 Å². The molecule has 24 heavy (non-hydrogen) atoms. The van der Waals surface area contributed by atoms with Crippen molar-refractivity contribution < 1.29 is 9.21 Å². The Morgan fingerprint density at radius 2 is 1.96 bits per heavy atom. The molecule has 1 N–H and O–H groups in total. The van der Waals surface area contributed by atoms with Crippen LogP contribution >= 0.6 is 0 Å². The molecule has 0 radical (unpaired) electrons. The summed E-state index contributed by atoms with van der Waals surface area (Å²) in [5, 5.41) is 13.0. The molecule has 1 amide bonds. The topological polar surface area (TPSA) is 91.3 Å². The fraction of sp³-hybridized carbons (Fsp3) is 0. The molecule has 0 aliphatic carbocycles. The third-order valence-corrected chi connectivity index (χ3v) is 3.24. The number of rotatable bonds is 4. The second-order valence-electron chi connectivity index (χ2n) is 4.79. The summed E-state index contributed by atoms with van der Waals surface area (Å²) in [6.07, 6.45) is 4.46. The van der Waals surface area contributed by atoms with Gasteiger partial charge in [0.2, 0.25) is 0 Å². The van der Waals surface area contributed by atoms with Gasteiger partial charge in [-0.25, -0.2) is 5.43 Å². The van der Waals surface area contributed by atoms with Crippen molar-refractivity contribution in [3.63, 3.8) is 0 Å². The van der Waals surface area contributed by atoms with Crippen LogP contribution in [0.25, 0.3) is 11.3 Å². The Labute approximate surface area is 138 Å². The molecule has 2 heterocycles. The lowest BCUT2D eigenvalue weighted by Gasteiger charge is -1.99. The highest BCUT2D eigenvalue weighted by atomic mass is 16.3. The number of nitrogens with zero attached hydrogens (tertiary/aromatic N) is 3. The first-order valence-corrected chi connectivity index (χ1v) is 7.10. The number of hydrazone groups is 1. The van der Waals surface area contributed by atoms with Crippen molar-refractivity contribution in [1.82, 2.24) is 10.4 Å². The van der Waals surface area contributed by atoms with E-state index < -0.39 is 0 Å². The molecule has 0 atom stereocenters. The zero-order valence-corrected chi connectivity index (χ0v) is 12.5. The maximum absolute atomic E-state index is 11.8. The number of nitrogens with one attached hydrogen (secondary N) is 1. The Balaban J connectivity index is 1.70. The minimum atomic E-state index is -0.338. The van der Waals surface area contributed by atoms with Crippen LogP contribution in [0.15, 0.2) is 70.4 Å². The maximum atomic E-state index is 11.8. The summed E-state index contributed by atoms with van der Waals surface area (Å²) < 4.78 is 5.64. The number of hydrogen-bond donors (Lipinski definition) is 1. The van der Waals surface area contributed by atoms with Crippen molar-refractivity contribution >= 4 is 12.1 Å². The second kappa shape index (κ2) is 7.03. The molecule has 1 aromatic carbocycles. The van der Waals surface area contributed by atoms with Crippen LogP contribution in [0.2, 0.25) is 0 Å². The predicted octanol–water partition coefficient (Wildman–Crippen LogP) is 2.98. The van der Waals surface area contributed by atoms with Crippen LogP contribution in [0.5, 0.6) is 0 Å². The number of furan rings is 1. The Morgan fingerprint density at radius 3 is 2.75 bits per heavy atom. The van der Waals surface area contributed by atoms with Gasteiger partial charge in [-0.15, -0.1) is 0 Å². The summed E-state index contributed by atoms with van der Waals surface area (Å²) in [6, 6.07) is 15.9. The minimum absolute atomic E-state index is 0.338.